The number of ether oxygens (including phenoxy) is 3. The van der Waals surface area contributed by atoms with Crippen molar-refractivity contribution in [1.29, 1.82) is 0 Å². The predicted octanol–water partition coefficient (Wildman–Crippen LogP) is 6.70. The van der Waals surface area contributed by atoms with Gasteiger partial charge in [-0.2, -0.15) is 0 Å². The zero-order valence-corrected chi connectivity index (χ0v) is 35.2. The molecule has 2 aliphatic carbocycles. The average molecular weight is 806 g/mol. The lowest BCUT2D eigenvalue weighted by molar-refractivity contribution is 0.204. The molecule has 10 heteroatoms. The highest BCUT2D eigenvalue weighted by molar-refractivity contribution is 9.10. The minimum atomic E-state index is 0.870. The summed E-state index contributed by atoms with van der Waals surface area (Å²) in [6.45, 7) is 21.0. The van der Waals surface area contributed by atoms with Crippen LogP contribution in [0.1, 0.15) is 29.5 Å². The van der Waals surface area contributed by atoms with Crippen molar-refractivity contribution >= 4 is 27.3 Å². The first-order chi connectivity index (χ1) is 26.3. The van der Waals surface area contributed by atoms with Gasteiger partial charge in [0.05, 0.1) is 37.2 Å². The van der Waals surface area contributed by atoms with E-state index in [4.69, 9.17) is 14.2 Å². The first-order valence-electron chi connectivity index (χ1n) is 19.9. The predicted molar refractivity (Wildman–Crippen MR) is 229 cm³/mol. The Hall–Kier alpha value is -3.28. The Bertz CT molecular complexity index is 1590. The molecule has 9 nitrogen and oxygen atoms in total. The van der Waals surface area contributed by atoms with Crippen molar-refractivity contribution in [2.24, 2.45) is 17.8 Å². The number of piperazine rings is 3. The first kappa shape index (κ1) is 41.9. The fourth-order valence-electron chi connectivity index (χ4n) is 7.98. The van der Waals surface area contributed by atoms with Gasteiger partial charge in [-0.25, -0.2) is 0 Å². The lowest BCUT2D eigenvalue weighted by Crippen LogP contribution is -2.48. The van der Waals surface area contributed by atoms with Gasteiger partial charge in [0.25, 0.3) is 0 Å². The van der Waals surface area contributed by atoms with Crippen molar-refractivity contribution in [3.05, 3.63) is 87.9 Å². The van der Waals surface area contributed by atoms with E-state index in [1.54, 1.807) is 21.3 Å². The average Bonchev–Trinajstić information content (AvgIpc) is 3.84. The number of rotatable bonds is 7. The molecule has 1 saturated carbocycles. The van der Waals surface area contributed by atoms with Crippen molar-refractivity contribution in [2.75, 3.05) is 116 Å². The molecule has 8 rings (SSSR count). The Morgan fingerprint density at radius 3 is 1.50 bits per heavy atom. The van der Waals surface area contributed by atoms with Crippen LogP contribution in [-0.4, -0.2) is 111 Å². The van der Waals surface area contributed by atoms with E-state index in [1.165, 1.54) is 60.5 Å². The molecule has 0 spiro atoms. The van der Waals surface area contributed by atoms with Crippen LogP contribution in [0, 0.1) is 38.5 Å². The van der Waals surface area contributed by atoms with Crippen LogP contribution in [0.5, 0.6) is 17.2 Å². The molecule has 0 amide bonds. The minimum Gasteiger partial charge on any atom is -0.496 e. The van der Waals surface area contributed by atoms with Gasteiger partial charge in [0.15, 0.2) is 0 Å². The molecule has 5 aliphatic rings. The van der Waals surface area contributed by atoms with Gasteiger partial charge in [-0.15, -0.1) is 0 Å². The van der Waals surface area contributed by atoms with E-state index in [1.807, 2.05) is 31.2 Å². The van der Waals surface area contributed by atoms with Crippen molar-refractivity contribution in [3.63, 3.8) is 0 Å². The highest BCUT2D eigenvalue weighted by Crippen LogP contribution is 2.44. The highest BCUT2D eigenvalue weighted by Gasteiger charge is 2.36. The molecule has 54 heavy (non-hydrogen) atoms. The Kier molecular flexibility index (Phi) is 16.8. The van der Waals surface area contributed by atoms with Crippen LogP contribution in [0.15, 0.2) is 71.2 Å². The molecule has 3 saturated heterocycles. The normalized spacial score (nSPS) is 21.9. The van der Waals surface area contributed by atoms with Crippen LogP contribution in [0.2, 0.25) is 0 Å². The van der Waals surface area contributed by atoms with Gasteiger partial charge in [0.2, 0.25) is 0 Å². The molecule has 3 aliphatic heterocycles. The summed E-state index contributed by atoms with van der Waals surface area (Å²) in [4.78, 5) is 7.54. The summed E-state index contributed by atoms with van der Waals surface area (Å²) in [6, 6.07) is 18.8. The molecule has 2 bridgehead atoms. The number of methoxy groups -OCH3 is 3. The maximum Gasteiger partial charge on any atom is 0.142 e. The smallest absolute Gasteiger partial charge is 0.142 e. The van der Waals surface area contributed by atoms with E-state index < -0.39 is 0 Å². The fourth-order valence-corrected chi connectivity index (χ4v) is 8.64. The van der Waals surface area contributed by atoms with Crippen LogP contribution in [0.4, 0.5) is 11.4 Å². The molecule has 0 aromatic heterocycles. The zero-order valence-electron chi connectivity index (χ0n) is 33.6. The molecule has 3 heterocycles. The second-order valence-corrected chi connectivity index (χ2v) is 15.9. The summed E-state index contributed by atoms with van der Waals surface area (Å²) in [5, 5.41) is 9.80. The number of nitrogens with one attached hydrogen (secondary N) is 3. The Labute approximate surface area is 333 Å². The van der Waals surface area contributed by atoms with Gasteiger partial charge in [0, 0.05) is 85.1 Å². The van der Waals surface area contributed by atoms with E-state index in [-0.39, 0.29) is 0 Å². The van der Waals surface area contributed by atoms with Crippen LogP contribution >= 0.6 is 15.9 Å². The minimum absolute atomic E-state index is 0.870. The molecule has 4 fully saturated rings. The summed E-state index contributed by atoms with van der Waals surface area (Å²) in [5.74, 6) is 5.53. The Morgan fingerprint density at radius 1 is 0.574 bits per heavy atom. The summed E-state index contributed by atoms with van der Waals surface area (Å²) in [5.41, 5.74) is 6.29. The number of nitrogens with zero attached hydrogens (tertiary/aromatic N) is 3. The summed E-state index contributed by atoms with van der Waals surface area (Å²) in [7, 11) is 5.17. The van der Waals surface area contributed by atoms with E-state index in [0.717, 1.165) is 105 Å². The molecular formula is C44H65BrN6O3. The number of allylic oxidation sites excluding steroid dienone is 2. The standard InChI is InChI=1S/C20H28N2O.C12H18N2O.C8H9BrO.C4H10N2/c1-15-3-6-20(23-2)19(11-15)22-9-7-21(8-10-22)14-18-13-16-4-5-17(18)12-16;1-10-3-4-12(15-2)11(9-10)14-7-5-13-6-8-14;1-6-3-4-8(10-2)7(9)5-6;1-2-6-4-3-5-1/h3-6,11,16-18H,7-10,12-14H2,1-2H3;3-4,9,13H,5-8H2,1-2H3;3-5H,1-2H3;5-6H,1-4H2. The third-order valence-corrected chi connectivity index (χ3v) is 11.6. The van der Waals surface area contributed by atoms with Crippen LogP contribution < -0.4 is 40.0 Å². The second kappa shape index (κ2) is 21.7. The quantitative estimate of drug-likeness (QED) is 0.227. The van der Waals surface area contributed by atoms with Gasteiger partial charge in [-0.05, 0) is 120 Å². The molecule has 0 radical (unpaired) electrons. The van der Waals surface area contributed by atoms with Crippen molar-refractivity contribution < 1.29 is 14.2 Å². The van der Waals surface area contributed by atoms with Gasteiger partial charge in [-0.3, -0.25) is 4.90 Å². The molecule has 3 aromatic carbocycles. The SMILES string of the molecule is C1CNCCN1.COc1ccc(C)cc1Br.COc1ccc(C)cc1N1CCN(CC2CC3C=CC2C3)CC1.COc1ccc(C)cc1N1CCNCC1. The van der Waals surface area contributed by atoms with Gasteiger partial charge < -0.3 is 40.0 Å². The lowest BCUT2D eigenvalue weighted by Gasteiger charge is -2.38. The molecule has 3 unspecified atom stereocenters. The third-order valence-electron chi connectivity index (χ3n) is 11.0. The van der Waals surface area contributed by atoms with Gasteiger partial charge in [0.1, 0.15) is 17.2 Å². The molecule has 3 N–H and O–H groups in total. The molecule has 296 valence electrons. The summed E-state index contributed by atoms with van der Waals surface area (Å²) in [6.07, 6.45) is 7.77. The lowest BCUT2D eigenvalue weighted by atomic mass is 9.93. The topological polar surface area (TPSA) is 73.5 Å². The zero-order chi connectivity index (χ0) is 38.3. The van der Waals surface area contributed by atoms with Crippen molar-refractivity contribution in [1.82, 2.24) is 20.9 Å². The van der Waals surface area contributed by atoms with Crippen LogP contribution in [0.25, 0.3) is 0 Å². The van der Waals surface area contributed by atoms with Crippen LogP contribution in [-0.2, 0) is 0 Å². The fraction of sp³-hybridized carbons (Fsp3) is 0.545. The Morgan fingerprint density at radius 2 is 1.06 bits per heavy atom. The third kappa shape index (κ3) is 12.4. The number of fused-ring (bicyclic) bond motifs is 2. The largest absolute Gasteiger partial charge is 0.496 e. The molecule has 3 atom stereocenters. The molecule has 3 aromatic rings. The van der Waals surface area contributed by atoms with Crippen molar-refractivity contribution in [3.8, 4) is 17.2 Å². The van der Waals surface area contributed by atoms with Gasteiger partial charge in [-0.1, -0.05) is 30.4 Å². The number of hydrogen-bond acceptors (Lipinski definition) is 9. The van der Waals surface area contributed by atoms with E-state index >= 15 is 0 Å². The second-order valence-electron chi connectivity index (χ2n) is 15.1. The van der Waals surface area contributed by atoms with E-state index in [0.29, 0.717) is 0 Å². The van der Waals surface area contributed by atoms with Crippen molar-refractivity contribution in [2.45, 2.75) is 33.6 Å². The Balaban J connectivity index is 0.000000155. The number of benzene rings is 3. The number of halogens is 1. The van der Waals surface area contributed by atoms with Gasteiger partial charge >= 0.3 is 0 Å². The maximum atomic E-state index is 5.56. The summed E-state index contributed by atoms with van der Waals surface area (Å²) >= 11 is 3.38. The number of hydrogen-bond donors (Lipinski definition) is 3. The highest BCUT2D eigenvalue weighted by atomic mass is 79.9. The molecular weight excluding hydrogens is 740 g/mol. The number of aryl methyl sites for hydroxylation is 3. The monoisotopic (exact) mass is 804 g/mol. The summed E-state index contributed by atoms with van der Waals surface area (Å²) < 4.78 is 17.0. The number of anilines is 2. The van der Waals surface area contributed by atoms with Crippen LogP contribution in [0.3, 0.4) is 0 Å². The first-order valence-corrected chi connectivity index (χ1v) is 20.7. The maximum absolute atomic E-state index is 5.56. The van der Waals surface area contributed by atoms with E-state index in [2.05, 4.69) is 103 Å². The van der Waals surface area contributed by atoms with E-state index in [9.17, 15) is 0 Å².